The first-order valence-corrected chi connectivity index (χ1v) is 8.60. The van der Waals surface area contributed by atoms with Crippen LogP contribution >= 0.6 is 0 Å². The van der Waals surface area contributed by atoms with Gasteiger partial charge < -0.3 is 15.0 Å². The zero-order chi connectivity index (χ0) is 15.5. The number of amides is 1. The summed E-state index contributed by atoms with van der Waals surface area (Å²) in [5.74, 6) is 0.837. The van der Waals surface area contributed by atoms with Gasteiger partial charge in [0.25, 0.3) is 0 Å². The average Bonchev–Trinajstić information content (AvgIpc) is 2.32. The molecule has 1 aliphatic heterocycles. The Labute approximate surface area is 129 Å². The lowest BCUT2D eigenvalue weighted by atomic mass is 9.80. The minimum absolute atomic E-state index is 0.148. The lowest BCUT2D eigenvalue weighted by Gasteiger charge is -2.39. The van der Waals surface area contributed by atoms with Gasteiger partial charge in [-0.15, -0.1) is 0 Å². The topological polar surface area (TPSA) is 41.6 Å². The van der Waals surface area contributed by atoms with Gasteiger partial charge in [-0.1, -0.05) is 6.42 Å². The molecule has 2 atom stereocenters. The third kappa shape index (κ3) is 4.87. The van der Waals surface area contributed by atoms with Crippen LogP contribution in [0.3, 0.4) is 0 Å². The number of likely N-dealkylation sites (tertiary alicyclic amines) is 1. The number of carbonyl (C=O) groups excluding carboxylic acids is 1. The van der Waals surface area contributed by atoms with Crippen LogP contribution in [0, 0.1) is 5.92 Å². The second-order valence-electron chi connectivity index (χ2n) is 7.71. The molecule has 0 aromatic rings. The van der Waals surface area contributed by atoms with Gasteiger partial charge in [0.2, 0.25) is 0 Å². The van der Waals surface area contributed by atoms with Crippen molar-refractivity contribution in [3.8, 4) is 0 Å². The van der Waals surface area contributed by atoms with E-state index in [1.54, 1.807) is 0 Å². The van der Waals surface area contributed by atoms with Gasteiger partial charge in [-0.05, 0) is 65.7 Å². The SMILES string of the molecule is CC(NCC1CCCCN1C(=O)OC(C)(C)C)C1CCC1. The highest BCUT2D eigenvalue weighted by Gasteiger charge is 2.31. The Balaban J connectivity index is 1.84. The van der Waals surface area contributed by atoms with Crippen LogP contribution in [0.15, 0.2) is 0 Å². The van der Waals surface area contributed by atoms with Crippen LogP contribution in [0.25, 0.3) is 0 Å². The number of nitrogens with one attached hydrogen (secondary N) is 1. The Kier molecular flexibility index (Phi) is 5.53. The van der Waals surface area contributed by atoms with E-state index >= 15 is 0 Å². The van der Waals surface area contributed by atoms with Crippen molar-refractivity contribution < 1.29 is 9.53 Å². The molecule has 21 heavy (non-hydrogen) atoms. The van der Waals surface area contributed by atoms with Crippen molar-refractivity contribution in [1.29, 1.82) is 0 Å². The number of ether oxygens (including phenoxy) is 1. The largest absolute Gasteiger partial charge is 0.444 e. The van der Waals surface area contributed by atoms with Crippen LogP contribution in [0.5, 0.6) is 0 Å². The van der Waals surface area contributed by atoms with E-state index in [1.807, 2.05) is 25.7 Å². The number of hydrogen-bond donors (Lipinski definition) is 1. The predicted molar refractivity (Wildman–Crippen MR) is 85.4 cm³/mol. The van der Waals surface area contributed by atoms with E-state index in [9.17, 15) is 4.79 Å². The summed E-state index contributed by atoms with van der Waals surface area (Å²) in [4.78, 5) is 14.3. The Hall–Kier alpha value is -0.770. The average molecular weight is 296 g/mol. The summed E-state index contributed by atoms with van der Waals surface area (Å²) in [6.07, 6.45) is 7.33. The highest BCUT2D eigenvalue weighted by Crippen LogP contribution is 2.29. The van der Waals surface area contributed by atoms with Gasteiger partial charge in [0.15, 0.2) is 0 Å². The predicted octanol–water partition coefficient (Wildman–Crippen LogP) is 3.55. The molecule has 2 fully saturated rings. The Morgan fingerprint density at radius 3 is 2.52 bits per heavy atom. The molecule has 0 spiro atoms. The third-order valence-electron chi connectivity index (χ3n) is 4.79. The van der Waals surface area contributed by atoms with Crippen LogP contribution in [0.4, 0.5) is 4.79 Å². The van der Waals surface area contributed by atoms with E-state index in [2.05, 4.69) is 12.2 Å². The summed E-state index contributed by atoms with van der Waals surface area (Å²) in [5.41, 5.74) is -0.411. The molecule has 2 unspecified atom stereocenters. The van der Waals surface area contributed by atoms with E-state index in [4.69, 9.17) is 4.74 Å². The maximum Gasteiger partial charge on any atom is 0.410 e. The first-order valence-electron chi connectivity index (χ1n) is 8.60. The van der Waals surface area contributed by atoms with E-state index in [0.29, 0.717) is 6.04 Å². The molecular weight excluding hydrogens is 264 g/mol. The number of rotatable bonds is 4. The zero-order valence-electron chi connectivity index (χ0n) is 14.2. The van der Waals surface area contributed by atoms with Crippen LogP contribution in [0.1, 0.15) is 66.2 Å². The maximum absolute atomic E-state index is 12.3. The van der Waals surface area contributed by atoms with E-state index in [1.165, 1.54) is 25.7 Å². The molecule has 1 saturated carbocycles. The standard InChI is InChI=1S/C17H32N2O2/c1-13(14-8-7-9-14)18-12-15-10-5-6-11-19(15)16(20)21-17(2,3)4/h13-15,18H,5-12H2,1-4H3. The van der Waals surface area contributed by atoms with Crippen molar-refractivity contribution in [2.24, 2.45) is 5.92 Å². The molecule has 0 radical (unpaired) electrons. The quantitative estimate of drug-likeness (QED) is 0.862. The molecule has 1 aliphatic carbocycles. The molecule has 0 aromatic carbocycles. The maximum atomic E-state index is 12.3. The smallest absolute Gasteiger partial charge is 0.410 e. The molecule has 1 N–H and O–H groups in total. The first kappa shape index (κ1) is 16.6. The molecule has 4 heteroatoms. The van der Waals surface area contributed by atoms with Gasteiger partial charge in [0.05, 0.1) is 0 Å². The van der Waals surface area contributed by atoms with E-state index in [-0.39, 0.29) is 12.1 Å². The molecule has 2 aliphatic rings. The molecule has 1 saturated heterocycles. The van der Waals surface area contributed by atoms with Crippen molar-refractivity contribution in [1.82, 2.24) is 10.2 Å². The van der Waals surface area contributed by atoms with Crippen molar-refractivity contribution in [2.75, 3.05) is 13.1 Å². The van der Waals surface area contributed by atoms with Gasteiger partial charge in [0, 0.05) is 25.2 Å². The summed E-state index contributed by atoms with van der Waals surface area (Å²) in [6, 6.07) is 0.859. The molecule has 0 aromatic heterocycles. The fourth-order valence-corrected chi connectivity index (χ4v) is 3.20. The lowest BCUT2D eigenvalue weighted by molar-refractivity contribution is 0.00932. The van der Waals surface area contributed by atoms with Gasteiger partial charge in [-0.2, -0.15) is 0 Å². The number of carbonyl (C=O) groups is 1. The van der Waals surface area contributed by atoms with Crippen molar-refractivity contribution >= 4 is 6.09 Å². The van der Waals surface area contributed by atoms with Gasteiger partial charge in [0.1, 0.15) is 5.60 Å². The second kappa shape index (κ2) is 6.99. The van der Waals surface area contributed by atoms with Crippen LogP contribution in [-0.4, -0.2) is 41.8 Å². The van der Waals surface area contributed by atoms with E-state index in [0.717, 1.165) is 31.8 Å². The fraction of sp³-hybridized carbons (Fsp3) is 0.941. The Bertz CT molecular complexity index is 347. The van der Waals surface area contributed by atoms with Gasteiger partial charge in [-0.25, -0.2) is 4.79 Å². The highest BCUT2D eigenvalue weighted by molar-refractivity contribution is 5.68. The van der Waals surface area contributed by atoms with Crippen LogP contribution in [0.2, 0.25) is 0 Å². The summed E-state index contributed by atoms with van der Waals surface area (Å²) in [6.45, 7) is 9.81. The summed E-state index contributed by atoms with van der Waals surface area (Å²) >= 11 is 0. The minimum atomic E-state index is -0.411. The monoisotopic (exact) mass is 296 g/mol. The second-order valence-corrected chi connectivity index (χ2v) is 7.71. The molecule has 122 valence electrons. The first-order chi connectivity index (χ1) is 9.87. The minimum Gasteiger partial charge on any atom is -0.444 e. The zero-order valence-corrected chi connectivity index (χ0v) is 14.2. The van der Waals surface area contributed by atoms with Gasteiger partial charge in [-0.3, -0.25) is 0 Å². The molecule has 2 rings (SSSR count). The van der Waals surface area contributed by atoms with Gasteiger partial charge >= 0.3 is 6.09 Å². The number of hydrogen-bond acceptors (Lipinski definition) is 3. The summed E-state index contributed by atoms with van der Waals surface area (Å²) < 4.78 is 5.55. The summed E-state index contributed by atoms with van der Waals surface area (Å²) in [7, 11) is 0. The number of piperidine rings is 1. The lowest BCUT2D eigenvalue weighted by Crippen LogP contribution is -2.52. The molecule has 1 heterocycles. The third-order valence-corrected chi connectivity index (χ3v) is 4.79. The Morgan fingerprint density at radius 2 is 1.95 bits per heavy atom. The molecule has 4 nitrogen and oxygen atoms in total. The Morgan fingerprint density at radius 1 is 1.24 bits per heavy atom. The van der Waals surface area contributed by atoms with Crippen LogP contribution in [-0.2, 0) is 4.74 Å². The van der Waals surface area contributed by atoms with Crippen LogP contribution < -0.4 is 5.32 Å². The van der Waals surface area contributed by atoms with Crippen molar-refractivity contribution in [2.45, 2.75) is 83.9 Å². The molecule has 0 bridgehead atoms. The molecule has 1 amide bonds. The van der Waals surface area contributed by atoms with Crippen molar-refractivity contribution in [3.63, 3.8) is 0 Å². The summed E-state index contributed by atoms with van der Waals surface area (Å²) in [5, 5.41) is 3.65. The normalized spacial score (nSPS) is 25.3. The van der Waals surface area contributed by atoms with Crippen molar-refractivity contribution in [3.05, 3.63) is 0 Å². The molecular formula is C17H32N2O2. The number of nitrogens with zero attached hydrogens (tertiary/aromatic N) is 1. The van der Waals surface area contributed by atoms with E-state index < -0.39 is 5.60 Å². The fourth-order valence-electron chi connectivity index (χ4n) is 3.20. The highest BCUT2D eigenvalue weighted by atomic mass is 16.6.